The molecule has 0 saturated heterocycles. The SMILES string of the molecule is COc1c(CBr)ncc(C(F)F)c1I. The lowest BCUT2D eigenvalue weighted by atomic mass is 10.2. The van der Waals surface area contributed by atoms with Crippen LogP contribution in [0.25, 0.3) is 0 Å². The van der Waals surface area contributed by atoms with E-state index in [9.17, 15) is 8.78 Å². The maximum absolute atomic E-state index is 12.5. The molecule has 0 aromatic carbocycles. The summed E-state index contributed by atoms with van der Waals surface area (Å²) in [4.78, 5) is 3.89. The summed E-state index contributed by atoms with van der Waals surface area (Å²) in [5.74, 6) is 0.417. The predicted octanol–water partition coefficient (Wildman–Crippen LogP) is 3.53. The third-order valence-corrected chi connectivity index (χ3v) is 3.28. The molecule has 1 aromatic rings. The topological polar surface area (TPSA) is 22.1 Å². The molecule has 0 amide bonds. The van der Waals surface area contributed by atoms with E-state index in [4.69, 9.17) is 4.74 Å². The van der Waals surface area contributed by atoms with Crippen LogP contribution in [0.15, 0.2) is 6.20 Å². The molecule has 0 atom stereocenters. The molecule has 78 valence electrons. The fourth-order valence-corrected chi connectivity index (χ4v) is 2.28. The third kappa shape index (κ3) is 2.33. The smallest absolute Gasteiger partial charge is 0.266 e. The average Bonchev–Trinajstić information content (AvgIpc) is 2.16. The quantitative estimate of drug-likeness (QED) is 0.594. The summed E-state index contributed by atoms with van der Waals surface area (Å²) in [5.41, 5.74) is 0.536. The molecule has 2 nitrogen and oxygen atoms in total. The van der Waals surface area contributed by atoms with Crippen LogP contribution in [0.1, 0.15) is 17.7 Å². The summed E-state index contributed by atoms with van der Waals surface area (Å²) in [6.07, 6.45) is -1.33. The number of pyridine rings is 1. The van der Waals surface area contributed by atoms with Gasteiger partial charge in [-0.15, -0.1) is 0 Å². The molecule has 0 bridgehead atoms. The number of nitrogens with zero attached hydrogens (tertiary/aromatic N) is 1. The van der Waals surface area contributed by atoms with Crippen LogP contribution in [-0.4, -0.2) is 12.1 Å². The van der Waals surface area contributed by atoms with Gasteiger partial charge in [-0.1, -0.05) is 15.9 Å². The highest BCUT2D eigenvalue weighted by atomic mass is 127. The van der Waals surface area contributed by atoms with E-state index in [1.165, 1.54) is 13.3 Å². The van der Waals surface area contributed by atoms with Crippen molar-refractivity contribution in [2.45, 2.75) is 11.8 Å². The second-order valence-corrected chi connectivity index (χ2v) is 4.08. The molecule has 1 aromatic heterocycles. The molecule has 0 aliphatic carbocycles. The molecule has 1 heterocycles. The van der Waals surface area contributed by atoms with Crippen LogP contribution in [-0.2, 0) is 5.33 Å². The highest BCUT2D eigenvalue weighted by molar-refractivity contribution is 14.1. The van der Waals surface area contributed by atoms with Crippen LogP contribution in [0.5, 0.6) is 5.75 Å². The molecule has 6 heteroatoms. The monoisotopic (exact) mass is 377 g/mol. The first-order chi connectivity index (χ1) is 6.61. The Morgan fingerprint density at radius 3 is 2.71 bits per heavy atom. The van der Waals surface area contributed by atoms with Crippen LogP contribution in [0, 0.1) is 3.57 Å². The van der Waals surface area contributed by atoms with E-state index in [1.807, 2.05) is 22.6 Å². The van der Waals surface area contributed by atoms with E-state index in [-0.39, 0.29) is 5.56 Å². The minimum Gasteiger partial charge on any atom is -0.494 e. The van der Waals surface area contributed by atoms with Crippen LogP contribution in [0.4, 0.5) is 8.78 Å². The summed E-state index contributed by atoms with van der Waals surface area (Å²) in [7, 11) is 1.45. The van der Waals surface area contributed by atoms with Gasteiger partial charge in [0.25, 0.3) is 6.43 Å². The summed E-state index contributed by atoms with van der Waals surface area (Å²) >= 11 is 5.05. The van der Waals surface area contributed by atoms with Crippen LogP contribution >= 0.6 is 38.5 Å². The maximum atomic E-state index is 12.5. The molecular formula is C8H7BrF2INO. The standard InChI is InChI=1S/C8H7BrF2INO/c1-14-7-5(2-9)13-3-4(6(7)12)8(10)11/h3,8H,2H2,1H3. The lowest BCUT2D eigenvalue weighted by Gasteiger charge is -2.10. The zero-order valence-electron chi connectivity index (χ0n) is 7.23. The molecule has 0 fully saturated rings. The van der Waals surface area contributed by atoms with E-state index in [0.717, 1.165) is 0 Å². The number of aromatic nitrogens is 1. The zero-order chi connectivity index (χ0) is 10.7. The molecule has 0 aliphatic rings. The van der Waals surface area contributed by atoms with Gasteiger partial charge < -0.3 is 4.74 Å². The number of hydrogen-bond acceptors (Lipinski definition) is 2. The van der Waals surface area contributed by atoms with Crippen molar-refractivity contribution in [1.82, 2.24) is 4.98 Å². The maximum Gasteiger partial charge on any atom is 0.266 e. The van der Waals surface area contributed by atoms with Gasteiger partial charge in [0.05, 0.1) is 21.9 Å². The van der Waals surface area contributed by atoms with Crippen LogP contribution in [0.2, 0.25) is 0 Å². The van der Waals surface area contributed by atoms with E-state index in [2.05, 4.69) is 20.9 Å². The van der Waals surface area contributed by atoms with E-state index in [0.29, 0.717) is 20.3 Å². The molecule has 0 radical (unpaired) electrons. The predicted molar refractivity (Wildman–Crippen MR) is 61.1 cm³/mol. The highest BCUT2D eigenvalue weighted by Gasteiger charge is 2.18. The zero-order valence-corrected chi connectivity index (χ0v) is 11.0. The molecule has 0 saturated carbocycles. The third-order valence-electron chi connectivity index (χ3n) is 1.64. The van der Waals surface area contributed by atoms with Gasteiger partial charge in [-0.2, -0.15) is 0 Å². The molecule has 0 N–H and O–H groups in total. The normalized spacial score (nSPS) is 10.7. The van der Waals surface area contributed by atoms with Crippen molar-refractivity contribution in [2.75, 3.05) is 7.11 Å². The van der Waals surface area contributed by atoms with Gasteiger partial charge in [0.15, 0.2) is 5.75 Å². The Morgan fingerprint density at radius 2 is 2.29 bits per heavy atom. The Hall–Kier alpha value is 0.0200. The van der Waals surface area contributed by atoms with Crippen molar-refractivity contribution in [1.29, 1.82) is 0 Å². The largest absolute Gasteiger partial charge is 0.494 e. The van der Waals surface area contributed by atoms with Crippen molar-refractivity contribution in [3.8, 4) is 5.75 Å². The van der Waals surface area contributed by atoms with E-state index in [1.54, 1.807) is 0 Å². The number of methoxy groups -OCH3 is 1. The summed E-state index contributed by atoms with van der Waals surface area (Å²) in [6, 6.07) is 0. The molecule has 0 aliphatic heterocycles. The average molecular weight is 378 g/mol. The van der Waals surface area contributed by atoms with E-state index >= 15 is 0 Å². The highest BCUT2D eigenvalue weighted by Crippen LogP contribution is 2.33. The number of rotatable bonds is 3. The van der Waals surface area contributed by atoms with Gasteiger partial charge in [0.1, 0.15) is 0 Å². The molecular weight excluding hydrogens is 371 g/mol. The van der Waals surface area contributed by atoms with Gasteiger partial charge in [-0.25, -0.2) is 8.78 Å². The van der Waals surface area contributed by atoms with Crippen LogP contribution < -0.4 is 4.74 Å². The number of halogens is 4. The Kier molecular flexibility index (Phi) is 4.49. The molecule has 14 heavy (non-hydrogen) atoms. The first kappa shape index (κ1) is 12.1. The summed E-state index contributed by atoms with van der Waals surface area (Å²) < 4.78 is 30.4. The first-order valence-corrected chi connectivity index (χ1v) is 5.87. The van der Waals surface area contributed by atoms with E-state index < -0.39 is 6.43 Å². The van der Waals surface area contributed by atoms with Gasteiger partial charge in [-0.3, -0.25) is 4.98 Å². The number of ether oxygens (including phenoxy) is 1. The molecule has 1 rings (SSSR count). The summed E-state index contributed by atoms with van der Waals surface area (Å²) in [5, 5.41) is 0.482. The second-order valence-electron chi connectivity index (χ2n) is 2.44. The van der Waals surface area contributed by atoms with Crippen molar-refractivity contribution >= 4 is 38.5 Å². The number of hydrogen-bond donors (Lipinski definition) is 0. The number of alkyl halides is 3. The lowest BCUT2D eigenvalue weighted by molar-refractivity contribution is 0.149. The van der Waals surface area contributed by atoms with Gasteiger partial charge in [0.2, 0.25) is 0 Å². The fraction of sp³-hybridized carbons (Fsp3) is 0.375. The minimum absolute atomic E-state index is 0.0906. The minimum atomic E-state index is -2.52. The Labute approximate surface area is 102 Å². The molecule has 0 spiro atoms. The first-order valence-electron chi connectivity index (χ1n) is 3.67. The summed E-state index contributed by atoms with van der Waals surface area (Å²) in [6.45, 7) is 0. The Bertz CT molecular complexity index is 335. The van der Waals surface area contributed by atoms with Crippen molar-refractivity contribution in [3.05, 3.63) is 21.0 Å². The second kappa shape index (κ2) is 5.20. The molecule has 0 unspecified atom stereocenters. The van der Waals surface area contributed by atoms with Crippen molar-refractivity contribution < 1.29 is 13.5 Å². The lowest BCUT2D eigenvalue weighted by Crippen LogP contribution is -2.00. The van der Waals surface area contributed by atoms with Crippen molar-refractivity contribution in [3.63, 3.8) is 0 Å². The van der Waals surface area contributed by atoms with Gasteiger partial charge in [-0.05, 0) is 22.6 Å². The van der Waals surface area contributed by atoms with Crippen LogP contribution in [0.3, 0.4) is 0 Å². The van der Waals surface area contributed by atoms with Crippen molar-refractivity contribution in [2.24, 2.45) is 0 Å². The van der Waals surface area contributed by atoms with Gasteiger partial charge in [0, 0.05) is 11.5 Å². The Balaban J connectivity index is 3.27. The Morgan fingerprint density at radius 1 is 1.64 bits per heavy atom. The van der Waals surface area contributed by atoms with Gasteiger partial charge >= 0.3 is 0 Å². The fourth-order valence-electron chi connectivity index (χ4n) is 0.975.